The number of ketones is 1. The molecule has 0 aliphatic rings. The molecule has 0 bridgehead atoms. The maximum atomic E-state index is 12.5. The number of nitrogens with one attached hydrogen (secondary N) is 3. The Morgan fingerprint density at radius 3 is 2.48 bits per heavy atom. The number of rotatable bonds is 7. The number of anilines is 2. The van der Waals surface area contributed by atoms with Gasteiger partial charge < -0.3 is 19.5 Å². The van der Waals surface area contributed by atoms with E-state index in [1.165, 1.54) is 12.1 Å². The third kappa shape index (κ3) is 5.48. The molecule has 1 aromatic heterocycles. The second kappa shape index (κ2) is 9.10. The molecule has 0 aliphatic heterocycles. The molecule has 1 unspecified atom stereocenters. The van der Waals surface area contributed by atoms with Gasteiger partial charge in [-0.2, -0.15) is 10.5 Å². The number of carbonyl (C=O) groups is 1. The average Bonchev–Trinajstić information content (AvgIpc) is 3.10. The first kappa shape index (κ1) is 21.8. The van der Waals surface area contributed by atoms with E-state index in [1.54, 1.807) is 12.1 Å². The van der Waals surface area contributed by atoms with Gasteiger partial charge in [0, 0.05) is 16.9 Å². The van der Waals surface area contributed by atoms with Crippen molar-refractivity contribution >= 4 is 39.9 Å². The lowest BCUT2D eigenvalue weighted by molar-refractivity contribution is 0.106. The van der Waals surface area contributed by atoms with Crippen LogP contribution in [0.5, 0.6) is 0 Å². The molecule has 0 amide bonds. The van der Waals surface area contributed by atoms with Gasteiger partial charge >= 0.3 is 5.84 Å². The average molecular weight is 413 g/mol. The molecule has 150 valence electrons. The SMILES string of the molecule is [C-]#[N+]C(=NNc1n[nH]c(C(C)(C)C)c1[N+]#[C-])C(=O)c1ccc(NCS(=O)O)cc1. The number of hydrazone groups is 1. The third-order valence-electron chi connectivity index (χ3n) is 3.73. The first-order chi connectivity index (χ1) is 13.7. The predicted octanol–water partition coefficient (Wildman–Crippen LogP) is 3.38. The summed E-state index contributed by atoms with van der Waals surface area (Å²) in [7, 11) is 0. The maximum Gasteiger partial charge on any atom is 0.341 e. The van der Waals surface area contributed by atoms with Crippen LogP contribution in [0, 0.1) is 13.1 Å². The van der Waals surface area contributed by atoms with E-state index in [4.69, 9.17) is 17.7 Å². The number of hydrogen-bond donors (Lipinski definition) is 4. The van der Waals surface area contributed by atoms with Gasteiger partial charge in [-0.05, 0) is 22.6 Å². The molecule has 4 N–H and O–H groups in total. The van der Waals surface area contributed by atoms with Gasteiger partial charge in [0.2, 0.25) is 5.78 Å². The van der Waals surface area contributed by atoms with Crippen LogP contribution in [0.2, 0.25) is 0 Å². The summed E-state index contributed by atoms with van der Waals surface area (Å²) < 4.78 is 19.5. The van der Waals surface area contributed by atoms with Crippen molar-refractivity contribution in [1.82, 2.24) is 10.2 Å². The van der Waals surface area contributed by atoms with Gasteiger partial charge in [0.25, 0.3) is 5.69 Å². The van der Waals surface area contributed by atoms with Gasteiger partial charge in [0.15, 0.2) is 16.9 Å². The van der Waals surface area contributed by atoms with Gasteiger partial charge in [-0.15, -0.1) is 0 Å². The second-order valence-electron chi connectivity index (χ2n) is 6.87. The van der Waals surface area contributed by atoms with Crippen molar-refractivity contribution in [3.63, 3.8) is 0 Å². The van der Waals surface area contributed by atoms with Crippen LogP contribution < -0.4 is 10.7 Å². The lowest BCUT2D eigenvalue weighted by atomic mass is 9.91. The van der Waals surface area contributed by atoms with E-state index >= 15 is 0 Å². The standard InChI is InChI=1S/C18H19N7O3S/c1-18(2,3)15-13(19-4)16(23-22-15)24-25-17(20-5)14(26)11-6-8-12(9-7-11)21-10-29(27)28/h6-9,21H,10H2,1-3H3,(H,27,28)(H2,22,23,24). The van der Waals surface area contributed by atoms with Gasteiger partial charge in [0.05, 0.1) is 6.57 Å². The van der Waals surface area contributed by atoms with Crippen molar-refractivity contribution in [2.75, 3.05) is 16.6 Å². The summed E-state index contributed by atoms with van der Waals surface area (Å²) in [5.74, 6) is -1.04. The summed E-state index contributed by atoms with van der Waals surface area (Å²) in [5.41, 5.74) is 3.82. The first-order valence-electron chi connectivity index (χ1n) is 8.31. The topological polar surface area (TPSA) is 128 Å². The largest absolute Gasteiger partial charge is 0.372 e. The number of nitrogens with zero attached hydrogens (tertiary/aromatic N) is 4. The van der Waals surface area contributed by atoms with Crippen molar-refractivity contribution in [3.8, 4) is 0 Å². The van der Waals surface area contributed by atoms with Crippen molar-refractivity contribution in [2.45, 2.75) is 26.2 Å². The molecule has 0 radical (unpaired) electrons. The zero-order chi connectivity index (χ0) is 21.6. The summed E-state index contributed by atoms with van der Waals surface area (Å²) >= 11 is -1.99. The number of benzene rings is 1. The monoisotopic (exact) mass is 413 g/mol. The lowest BCUT2D eigenvalue weighted by Gasteiger charge is -2.16. The van der Waals surface area contributed by atoms with E-state index < -0.39 is 22.7 Å². The minimum absolute atomic E-state index is 0.135. The molecule has 0 spiro atoms. The fraction of sp³-hybridized carbons (Fsp3) is 0.278. The minimum atomic E-state index is -1.99. The molecule has 1 heterocycles. The number of aromatic nitrogens is 2. The zero-order valence-corrected chi connectivity index (χ0v) is 16.8. The number of carbonyl (C=O) groups excluding carboxylic acids is 1. The second-order valence-corrected chi connectivity index (χ2v) is 7.80. The van der Waals surface area contributed by atoms with Crippen LogP contribution in [0.4, 0.5) is 17.2 Å². The summed E-state index contributed by atoms with van der Waals surface area (Å²) in [6.07, 6.45) is 0. The van der Waals surface area contributed by atoms with Crippen molar-refractivity contribution in [2.24, 2.45) is 5.10 Å². The highest BCUT2D eigenvalue weighted by atomic mass is 32.2. The normalized spacial score (nSPS) is 12.6. The Kier molecular flexibility index (Phi) is 6.83. The maximum absolute atomic E-state index is 12.5. The van der Waals surface area contributed by atoms with Crippen LogP contribution in [0.1, 0.15) is 36.8 Å². The highest BCUT2D eigenvalue weighted by Gasteiger charge is 2.25. The van der Waals surface area contributed by atoms with Crippen molar-refractivity contribution in [1.29, 1.82) is 0 Å². The Morgan fingerprint density at radius 2 is 1.97 bits per heavy atom. The highest BCUT2D eigenvalue weighted by Crippen LogP contribution is 2.35. The van der Waals surface area contributed by atoms with Crippen LogP contribution in [-0.2, 0) is 16.5 Å². The molecule has 1 aromatic carbocycles. The Hall–Kier alpha value is -3.54. The minimum Gasteiger partial charge on any atom is -0.372 e. The third-order valence-corrected chi connectivity index (χ3v) is 4.12. The van der Waals surface area contributed by atoms with Gasteiger partial charge in [0.1, 0.15) is 5.88 Å². The molecule has 10 nitrogen and oxygen atoms in total. The first-order valence-corrected chi connectivity index (χ1v) is 9.58. The molecule has 29 heavy (non-hydrogen) atoms. The molecule has 0 fully saturated rings. The van der Waals surface area contributed by atoms with Gasteiger partial charge in [-0.1, -0.05) is 39.5 Å². The predicted molar refractivity (Wildman–Crippen MR) is 111 cm³/mol. The summed E-state index contributed by atoms with van der Waals surface area (Å²) in [6, 6.07) is 6.05. The molecule has 2 aromatic rings. The number of aromatic amines is 1. The molecule has 0 aliphatic carbocycles. The molecule has 0 saturated heterocycles. The Labute approximate surface area is 170 Å². The fourth-order valence-corrected chi connectivity index (χ4v) is 2.58. The molecule has 0 saturated carbocycles. The van der Waals surface area contributed by atoms with Gasteiger partial charge in [-0.3, -0.25) is 5.10 Å². The highest BCUT2D eigenvalue weighted by molar-refractivity contribution is 7.79. The molecular formula is C18H19N7O3S. The fourth-order valence-electron chi connectivity index (χ4n) is 2.29. The van der Waals surface area contributed by atoms with Crippen LogP contribution in [0.15, 0.2) is 29.4 Å². The number of Topliss-reactive ketones (excluding diaryl/α,β-unsaturated/α-hetero) is 1. The Balaban J connectivity index is 2.19. The van der Waals surface area contributed by atoms with Crippen LogP contribution >= 0.6 is 0 Å². The van der Waals surface area contributed by atoms with Crippen LogP contribution in [-0.4, -0.2) is 36.5 Å². The number of amidine groups is 1. The van der Waals surface area contributed by atoms with E-state index in [9.17, 15) is 9.00 Å². The van der Waals surface area contributed by atoms with E-state index in [0.29, 0.717) is 11.4 Å². The quantitative estimate of drug-likeness (QED) is 0.138. The zero-order valence-electron chi connectivity index (χ0n) is 16.0. The van der Waals surface area contributed by atoms with E-state index in [1.807, 2.05) is 20.8 Å². The summed E-state index contributed by atoms with van der Waals surface area (Å²) in [5, 5.41) is 13.3. The number of hydrogen-bond acceptors (Lipinski definition) is 6. The summed E-state index contributed by atoms with van der Waals surface area (Å²) in [6.45, 7) is 20.4. The lowest BCUT2D eigenvalue weighted by Crippen LogP contribution is -2.13. The van der Waals surface area contributed by atoms with E-state index in [-0.39, 0.29) is 28.4 Å². The molecule has 11 heteroatoms. The molecule has 1 atom stereocenters. The van der Waals surface area contributed by atoms with E-state index in [0.717, 1.165) is 0 Å². The van der Waals surface area contributed by atoms with Crippen molar-refractivity contribution < 1.29 is 13.6 Å². The van der Waals surface area contributed by atoms with E-state index in [2.05, 4.69) is 35.7 Å². The van der Waals surface area contributed by atoms with Gasteiger partial charge in [-0.25, -0.2) is 9.05 Å². The summed E-state index contributed by atoms with van der Waals surface area (Å²) in [4.78, 5) is 19.1. The Morgan fingerprint density at radius 1 is 1.31 bits per heavy atom. The van der Waals surface area contributed by atoms with Crippen LogP contribution in [0.3, 0.4) is 0 Å². The Bertz CT molecular complexity index is 1040. The molecule has 2 rings (SSSR count). The molecular weight excluding hydrogens is 394 g/mol. The number of H-pyrrole nitrogens is 1. The van der Waals surface area contributed by atoms with Crippen LogP contribution in [0.25, 0.3) is 9.69 Å². The van der Waals surface area contributed by atoms with Crippen molar-refractivity contribution in [3.05, 3.63) is 58.4 Å². The smallest absolute Gasteiger partial charge is 0.341 e.